The van der Waals surface area contributed by atoms with E-state index in [2.05, 4.69) is 48.1 Å². The summed E-state index contributed by atoms with van der Waals surface area (Å²) in [6.45, 7) is 10.5. The quantitative estimate of drug-likeness (QED) is 0.902. The molecule has 0 aromatic carbocycles. The summed E-state index contributed by atoms with van der Waals surface area (Å²) in [5.74, 6) is 1.64. The molecule has 21 heavy (non-hydrogen) atoms. The van der Waals surface area contributed by atoms with Gasteiger partial charge in [-0.3, -0.25) is 9.88 Å². The Morgan fingerprint density at radius 2 is 2.05 bits per heavy atom. The van der Waals surface area contributed by atoms with Crippen molar-refractivity contribution in [3.05, 3.63) is 30.1 Å². The highest BCUT2D eigenvalue weighted by Crippen LogP contribution is 2.41. The number of aromatic nitrogens is 1. The number of nitrogens with zero attached hydrogens (tertiary/aromatic N) is 2. The Morgan fingerprint density at radius 1 is 1.33 bits per heavy atom. The second-order valence-corrected chi connectivity index (χ2v) is 7.62. The van der Waals surface area contributed by atoms with Gasteiger partial charge in [0.2, 0.25) is 0 Å². The molecule has 0 bridgehead atoms. The molecule has 1 N–H and O–H groups in total. The molecule has 3 rings (SSSR count). The summed E-state index contributed by atoms with van der Waals surface area (Å²) in [4.78, 5) is 6.85. The van der Waals surface area contributed by atoms with Crippen LogP contribution in [0.1, 0.15) is 45.6 Å². The first-order valence-electron chi connectivity index (χ1n) is 8.45. The van der Waals surface area contributed by atoms with E-state index in [1.165, 1.54) is 31.4 Å². The normalized spacial score (nSPS) is 30.8. The van der Waals surface area contributed by atoms with E-state index >= 15 is 0 Å². The minimum atomic E-state index is 0.320. The van der Waals surface area contributed by atoms with E-state index in [-0.39, 0.29) is 0 Å². The van der Waals surface area contributed by atoms with Gasteiger partial charge in [0.05, 0.1) is 0 Å². The van der Waals surface area contributed by atoms with E-state index in [1.54, 1.807) is 0 Å². The first kappa shape index (κ1) is 15.0. The van der Waals surface area contributed by atoms with Crippen molar-refractivity contribution in [3.63, 3.8) is 0 Å². The van der Waals surface area contributed by atoms with Gasteiger partial charge in [-0.2, -0.15) is 0 Å². The monoisotopic (exact) mass is 287 g/mol. The molecule has 1 saturated heterocycles. The summed E-state index contributed by atoms with van der Waals surface area (Å²) in [6.07, 6.45) is 7.91. The molecule has 2 aliphatic rings. The number of hydrogen-bond donors (Lipinski definition) is 1. The van der Waals surface area contributed by atoms with E-state index in [9.17, 15) is 0 Å². The Bertz CT molecular complexity index is 455. The third-order valence-electron chi connectivity index (χ3n) is 5.15. The lowest BCUT2D eigenvalue weighted by molar-refractivity contribution is 0.0581. The fourth-order valence-corrected chi connectivity index (χ4v) is 3.77. The topological polar surface area (TPSA) is 28.2 Å². The largest absolute Gasteiger partial charge is 0.308 e. The van der Waals surface area contributed by atoms with Crippen molar-refractivity contribution in [2.75, 3.05) is 13.1 Å². The van der Waals surface area contributed by atoms with Crippen LogP contribution in [0.3, 0.4) is 0 Å². The van der Waals surface area contributed by atoms with Gasteiger partial charge in [-0.25, -0.2) is 0 Å². The van der Waals surface area contributed by atoms with Gasteiger partial charge in [-0.05, 0) is 55.7 Å². The molecule has 1 saturated carbocycles. The van der Waals surface area contributed by atoms with E-state index in [4.69, 9.17) is 0 Å². The lowest BCUT2D eigenvalue weighted by atomic mass is 9.88. The van der Waals surface area contributed by atoms with Crippen LogP contribution in [0.15, 0.2) is 24.5 Å². The molecule has 0 amide bonds. The summed E-state index contributed by atoms with van der Waals surface area (Å²) in [5.41, 5.74) is 1.71. The van der Waals surface area contributed by atoms with E-state index < -0.39 is 0 Å². The molecule has 2 unspecified atom stereocenters. The first-order valence-corrected chi connectivity index (χ1v) is 8.45. The van der Waals surface area contributed by atoms with Crippen molar-refractivity contribution < 1.29 is 0 Å². The van der Waals surface area contributed by atoms with Gasteiger partial charge in [0, 0.05) is 43.6 Å². The van der Waals surface area contributed by atoms with Gasteiger partial charge in [0.1, 0.15) is 0 Å². The molecule has 0 radical (unpaired) electrons. The fraction of sp³-hybridized carbons (Fsp3) is 0.722. The third-order valence-corrected chi connectivity index (χ3v) is 5.15. The van der Waals surface area contributed by atoms with Crippen LogP contribution < -0.4 is 5.32 Å². The maximum Gasteiger partial charge on any atom is 0.0309 e. The van der Waals surface area contributed by atoms with E-state index in [0.717, 1.165) is 24.9 Å². The van der Waals surface area contributed by atoms with Crippen LogP contribution >= 0.6 is 0 Å². The smallest absolute Gasteiger partial charge is 0.0309 e. The van der Waals surface area contributed by atoms with Crippen molar-refractivity contribution in [3.8, 4) is 0 Å². The van der Waals surface area contributed by atoms with Gasteiger partial charge >= 0.3 is 0 Å². The number of hydrogen-bond acceptors (Lipinski definition) is 3. The lowest BCUT2D eigenvalue weighted by Gasteiger charge is -2.47. The van der Waals surface area contributed by atoms with Gasteiger partial charge in [-0.15, -0.1) is 0 Å². The van der Waals surface area contributed by atoms with Crippen LogP contribution in [0.2, 0.25) is 0 Å². The van der Waals surface area contributed by atoms with Gasteiger partial charge in [-0.1, -0.05) is 13.8 Å². The lowest BCUT2D eigenvalue weighted by Crippen LogP contribution is -2.63. The zero-order chi connectivity index (χ0) is 14.9. The second kappa shape index (κ2) is 6.05. The highest BCUT2D eigenvalue weighted by Gasteiger charge is 2.45. The Labute approximate surface area is 129 Å². The predicted octanol–water partition coefficient (Wildman–Crippen LogP) is 3.07. The zero-order valence-corrected chi connectivity index (χ0v) is 13.7. The van der Waals surface area contributed by atoms with Crippen molar-refractivity contribution in [2.24, 2.45) is 11.8 Å². The Balaban J connectivity index is 1.72. The maximum absolute atomic E-state index is 4.14. The number of rotatable bonds is 5. The van der Waals surface area contributed by atoms with Crippen LogP contribution in [0.5, 0.6) is 0 Å². The van der Waals surface area contributed by atoms with Gasteiger partial charge in [0.25, 0.3) is 0 Å². The van der Waals surface area contributed by atoms with Crippen LogP contribution in [0.4, 0.5) is 0 Å². The zero-order valence-electron chi connectivity index (χ0n) is 13.7. The summed E-state index contributed by atoms with van der Waals surface area (Å²) < 4.78 is 0. The van der Waals surface area contributed by atoms with Gasteiger partial charge < -0.3 is 5.32 Å². The minimum Gasteiger partial charge on any atom is -0.308 e. The molecular weight excluding hydrogens is 258 g/mol. The summed E-state index contributed by atoms with van der Waals surface area (Å²) in [6, 6.07) is 4.97. The highest BCUT2D eigenvalue weighted by molar-refractivity contribution is 5.12. The molecular formula is C18H29N3. The third kappa shape index (κ3) is 3.64. The molecule has 3 nitrogen and oxygen atoms in total. The second-order valence-electron chi connectivity index (χ2n) is 7.62. The summed E-state index contributed by atoms with van der Waals surface area (Å²) in [5, 5.41) is 3.87. The SMILES string of the molecule is CC(C)CC1CNC(C)(C2CC2)CN1Cc1ccncc1. The maximum atomic E-state index is 4.14. The summed E-state index contributed by atoms with van der Waals surface area (Å²) >= 11 is 0. The average molecular weight is 287 g/mol. The van der Waals surface area contributed by atoms with Crippen molar-refractivity contribution in [2.45, 2.75) is 58.2 Å². The molecule has 2 fully saturated rings. The standard InChI is InChI=1S/C18H29N3/c1-14(2)10-17-11-20-18(3,16-4-5-16)13-21(17)12-15-6-8-19-9-7-15/h6-9,14,16-17,20H,4-5,10-13H2,1-3H3. The van der Waals surface area contributed by atoms with Crippen LogP contribution in [-0.4, -0.2) is 34.6 Å². The molecule has 3 heteroatoms. The molecule has 1 aromatic heterocycles. The predicted molar refractivity (Wildman–Crippen MR) is 87.0 cm³/mol. The number of pyridine rings is 1. The van der Waals surface area contributed by atoms with Crippen molar-refractivity contribution >= 4 is 0 Å². The molecule has 2 heterocycles. The summed E-state index contributed by atoms with van der Waals surface area (Å²) in [7, 11) is 0. The van der Waals surface area contributed by atoms with Crippen LogP contribution in [-0.2, 0) is 6.54 Å². The number of piperazine rings is 1. The van der Waals surface area contributed by atoms with E-state index in [1.807, 2.05) is 12.4 Å². The van der Waals surface area contributed by atoms with E-state index in [0.29, 0.717) is 11.6 Å². The first-order chi connectivity index (χ1) is 10.1. The highest BCUT2D eigenvalue weighted by atomic mass is 15.3. The Hall–Kier alpha value is -0.930. The fourth-order valence-electron chi connectivity index (χ4n) is 3.77. The van der Waals surface area contributed by atoms with Gasteiger partial charge in [0.15, 0.2) is 0 Å². The molecule has 2 atom stereocenters. The van der Waals surface area contributed by atoms with Crippen molar-refractivity contribution in [1.29, 1.82) is 0 Å². The minimum absolute atomic E-state index is 0.320. The molecule has 0 spiro atoms. The van der Waals surface area contributed by atoms with Crippen LogP contribution in [0.25, 0.3) is 0 Å². The Morgan fingerprint density at radius 3 is 2.67 bits per heavy atom. The molecule has 1 aliphatic carbocycles. The molecule has 1 aromatic rings. The average Bonchev–Trinajstić information content (AvgIpc) is 3.28. The molecule has 116 valence electrons. The molecule has 1 aliphatic heterocycles. The van der Waals surface area contributed by atoms with Crippen molar-refractivity contribution in [1.82, 2.24) is 15.2 Å². The number of nitrogens with one attached hydrogen (secondary N) is 1. The van der Waals surface area contributed by atoms with Crippen LogP contribution in [0, 0.1) is 11.8 Å². The Kier molecular flexibility index (Phi) is 4.32.